The van der Waals surface area contributed by atoms with Gasteiger partial charge in [-0.15, -0.1) is 0 Å². The van der Waals surface area contributed by atoms with E-state index in [1.54, 1.807) is 0 Å². The lowest BCUT2D eigenvalue weighted by Gasteiger charge is -2.21. The lowest BCUT2D eigenvalue weighted by molar-refractivity contribution is -0.289. The molecule has 0 spiro atoms. The van der Waals surface area contributed by atoms with Gasteiger partial charge in [0.1, 0.15) is 11.9 Å². The van der Waals surface area contributed by atoms with Crippen molar-refractivity contribution in [3.63, 3.8) is 0 Å². The minimum Gasteiger partial charge on any atom is -0.489 e. The first-order valence-electron chi connectivity index (χ1n) is 5.73. The molecule has 1 fully saturated rings. The van der Waals surface area contributed by atoms with Gasteiger partial charge in [0.25, 0.3) is 0 Å². The van der Waals surface area contributed by atoms with Crippen LogP contribution in [-0.2, 0) is 5.92 Å². The highest BCUT2D eigenvalue weighted by Gasteiger charge is 2.58. The second kappa shape index (κ2) is 4.96. The second-order valence-corrected chi connectivity index (χ2v) is 4.33. The van der Waals surface area contributed by atoms with E-state index in [9.17, 15) is 22.0 Å². The number of alkyl halides is 5. The molecule has 1 aliphatic rings. The molecule has 1 heterocycles. The largest absolute Gasteiger partial charge is 0.489 e. The zero-order valence-electron chi connectivity index (χ0n) is 9.81. The number of nitrogens with one attached hydrogen (secondary N) is 1. The maximum absolute atomic E-state index is 13.2. The minimum atomic E-state index is -5.61. The summed E-state index contributed by atoms with van der Waals surface area (Å²) >= 11 is 0. The number of benzene rings is 1. The zero-order chi connectivity index (χ0) is 14.1. The SMILES string of the molecule is FC(F)(F)C(F)(F)c1cccc(OC2CCNC2)c1. The Kier molecular flexibility index (Phi) is 3.66. The number of hydrogen-bond acceptors (Lipinski definition) is 2. The van der Waals surface area contributed by atoms with Crippen LogP contribution in [-0.4, -0.2) is 25.4 Å². The van der Waals surface area contributed by atoms with E-state index < -0.39 is 17.7 Å². The summed E-state index contributed by atoms with van der Waals surface area (Å²) in [6.07, 6.45) is -5.12. The summed E-state index contributed by atoms with van der Waals surface area (Å²) in [4.78, 5) is 0. The van der Waals surface area contributed by atoms with Crippen LogP contribution in [0.15, 0.2) is 24.3 Å². The Morgan fingerprint density at radius 1 is 1.16 bits per heavy atom. The molecule has 106 valence electrons. The van der Waals surface area contributed by atoms with Crippen LogP contribution in [0.2, 0.25) is 0 Å². The van der Waals surface area contributed by atoms with Crippen molar-refractivity contribution in [1.82, 2.24) is 5.32 Å². The van der Waals surface area contributed by atoms with Crippen molar-refractivity contribution in [2.75, 3.05) is 13.1 Å². The van der Waals surface area contributed by atoms with Crippen molar-refractivity contribution in [2.24, 2.45) is 0 Å². The number of ether oxygens (including phenoxy) is 1. The predicted molar refractivity (Wildman–Crippen MR) is 58.3 cm³/mol. The Balaban J connectivity index is 2.19. The summed E-state index contributed by atoms with van der Waals surface area (Å²) in [7, 11) is 0. The van der Waals surface area contributed by atoms with E-state index in [4.69, 9.17) is 4.74 Å². The summed E-state index contributed by atoms with van der Waals surface area (Å²) in [5.41, 5.74) is -1.11. The van der Waals surface area contributed by atoms with Gasteiger partial charge in [-0.05, 0) is 25.1 Å². The number of rotatable bonds is 3. The van der Waals surface area contributed by atoms with Gasteiger partial charge in [0.2, 0.25) is 0 Å². The summed E-state index contributed by atoms with van der Waals surface area (Å²) in [6, 6.07) is 3.99. The molecule has 7 heteroatoms. The van der Waals surface area contributed by atoms with Crippen LogP contribution in [0, 0.1) is 0 Å². The normalized spacial score (nSPS) is 20.6. The van der Waals surface area contributed by atoms with E-state index in [2.05, 4.69) is 5.32 Å². The Morgan fingerprint density at radius 2 is 1.89 bits per heavy atom. The maximum atomic E-state index is 13.2. The van der Waals surface area contributed by atoms with Crippen LogP contribution in [0.25, 0.3) is 0 Å². The van der Waals surface area contributed by atoms with Crippen LogP contribution in [0.1, 0.15) is 12.0 Å². The van der Waals surface area contributed by atoms with Crippen molar-refractivity contribution in [2.45, 2.75) is 24.6 Å². The molecule has 1 unspecified atom stereocenters. The maximum Gasteiger partial charge on any atom is 0.458 e. The third kappa shape index (κ3) is 2.97. The van der Waals surface area contributed by atoms with Crippen LogP contribution in [0.3, 0.4) is 0 Å². The van der Waals surface area contributed by atoms with Crippen molar-refractivity contribution in [1.29, 1.82) is 0 Å². The third-order valence-corrected chi connectivity index (χ3v) is 2.87. The van der Waals surface area contributed by atoms with Gasteiger partial charge in [-0.1, -0.05) is 12.1 Å². The molecule has 19 heavy (non-hydrogen) atoms. The zero-order valence-corrected chi connectivity index (χ0v) is 9.81. The highest BCUT2D eigenvalue weighted by molar-refractivity contribution is 5.32. The molecule has 1 aromatic carbocycles. The molecule has 0 amide bonds. The first-order valence-corrected chi connectivity index (χ1v) is 5.73. The molecule has 0 aliphatic carbocycles. The van der Waals surface area contributed by atoms with E-state index in [1.165, 1.54) is 6.07 Å². The average Bonchev–Trinajstić information content (AvgIpc) is 2.80. The molecule has 2 nitrogen and oxygen atoms in total. The van der Waals surface area contributed by atoms with Crippen LogP contribution in [0.4, 0.5) is 22.0 Å². The van der Waals surface area contributed by atoms with Crippen molar-refractivity contribution in [3.8, 4) is 5.75 Å². The fourth-order valence-electron chi connectivity index (χ4n) is 1.85. The molecule has 1 N–H and O–H groups in total. The quantitative estimate of drug-likeness (QED) is 0.860. The lowest BCUT2D eigenvalue weighted by atomic mass is 10.1. The number of halogens is 5. The second-order valence-electron chi connectivity index (χ2n) is 4.33. The van der Waals surface area contributed by atoms with Gasteiger partial charge < -0.3 is 10.1 Å². The minimum absolute atomic E-state index is 0.0233. The molecule has 0 bridgehead atoms. The molecule has 1 aliphatic heterocycles. The topological polar surface area (TPSA) is 21.3 Å². The van der Waals surface area contributed by atoms with Gasteiger partial charge in [0, 0.05) is 12.1 Å². The highest BCUT2D eigenvalue weighted by Crippen LogP contribution is 2.44. The first kappa shape index (κ1) is 14.0. The summed E-state index contributed by atoms with van der Waals surface area (Å²) in [5, 5.41) is 3.01. The summed E-state index contributed by atoms with van der Waals surface area (Å²) < 4.78 is 68.5. The Hall–Kier alpha value is -1.37. The van der Waals surface area contributed by atoms with Gasteiger partial charge in [0.15, 0.2) is 0 Å². The predicted octanol–water partition coefficient (Wildman–Crippen LogP) is 3.08. The van der Waals surface area contributed by atoms with E-state index in [0.29, 0.717) is 13.0 Å². The Bertz CT molecular complexity index is 440. The first-order chi connectivity index (χ1) is 8.80. The fourth-order valence-corrected chi connectivity index (χ4v) is 1.85. The molecule has 2 rings (SSSR count). The molecular weight excluding hydrogens is 269 g/mol. The molecule has 0 aromatic heterocycles. The average molecular weight is 281 g/mol. The van der Waals surface area contributed by atoms with E-state index >= 15 is 0 Å². The van der Waals surface area contributed by atoms with Crippen LogP contribution >= 0.6 is 0 Å². The lowest BCUT2D eigenvalue weighted by Crippen LogP contribution is -2.33. The van der Waals surface area contributed by atoms with Gasteiger partial charge in [0.05, 0.1) is 0 Å². The van der Waals surface area contributed by atoms with Crippen molar-refractivity contribution < 1.29 is 26.7 Å². The monoisotopic (exact) mass is 281 g/mol. The molecule has 0 saturated carbocycles. The molecule has 0 radical (unpaired) electrons. The fraction of sp³-hybridized carbons (Fsp3) is 0.500. The van der Waals surface area contributed by atoms with Gasteiger partial charge in [-0.3, -0.25) is 0 Å². The molecule has 1 atom stereocenters. The van der Waals surface area contributed by atoms with Crippen molar-refractivity contribution >= 4 is 0 Å². The number of hydrogen-bond donors (Lipinski definition) is 1. The molecule has 1 saturated heterocycles. The molecule has 1 aromatic rings. The van der Waals surface area contributed by atoms with Crippen LogP contribution < -0.4 is 10.1 Å². The van der Waals surface area contributed by atoms with E-state index in [1.807, 2.05) is 0 Å². The third-order valence-electron chi connectivity index (χ3n) is 2.87. The summed E-state index contributed by atoms with van der Waals surface area (Å²) in [6.45, 7) is 1.29. The van der Waals surface area contributed by atoms with Gasteiger partial charge >= 0.3 is 12.1 Å². The Morgan fingerprint density at radius 3 is 2.47 bits per heavy atom. The van der Waals surface area contributed by atoms with Gasteiger partial charge in [-0.25, -0.2) is 0 Å². The standard InChI is InChI=1S/C12H12F5NO/c13-11(14,12(15,16)17)8-2-1-3-9(6-8)19-10-4-5-18-7-10/h1-3,6,10,18H,4-5,7H2. The smallest absolute Gasteiger partial charge is 0.458 e. The van der Waals surface area contributed by atoms with Gasteiger partial charge in [-0.2, -0.15) is 22.0 Å². The summed E-state index contributed by atoms with van der Waals surface area (Å²) in [5.74, 6) is -4.85. The highest BCUT2D eigenvalue weighted by atomic mass is 19.4. The van der Waals surface area contributed by atoms with E-state index in [0.717, 1.165) is 24.7 Å². The molecular formula is C12H12F5NO. The van der Waals surface area contributed by atoms with E-state index in [-0.39, 0.29) is 11.9 Å². The van der Waals surface area contributed by atoms with Crippen LogP contribution in [0.5, 0.6) is 5.75 Å². The van der Waals surface area contributed by atoms with Crippen molar-refractivity contribution in [3.05, 3.63) is 29.8 Å². The Labute approximate surface area is 106 Å².